The maximum Gasteiger partial charge on any atom is 0.270 e. The van der Waals surface area contributed by atoms with Gasteiger partial charge in [-0.1, -0.05) is 45.8 Å². The predicted octanol–water partition coefficient (Wildman–Crippen LogP) is 4.22. The molecule has 126 valence electrons. The van der Waals surface area contributed by atoms with E-state index in [1.807, 2.05) is 55.5 Å². The van der Waals surface area contributed by atoms with Crippen LogP contribution in [0.2, 0.25) is 0 Å². The first-order valence-electron chi connectivity index (χ1n) is 7.78. The Balaban J connectivity index is 1.65. The van der Waals surface area contributed by atoms with Crippen LogP contribution in [-0.4, -0.2) is 15.9 Å². The van der Waals surface area contributed by atoms with Crippen molar-refractivity contribution in [2.45, 2.75) is 13.5 Å². The van der Waals surface area contributed by atoms with Gasteiger partial charge in [-0.3, -0.25) is 4.79 Å². The third-order valence-electron chi connectivity index (χ3n) is 3.55. The van der Waals surface area contributed by atoms with E-state index >= 15 is 0 Å². The van der Waals surface area contributed by atoms with Crippen LogP contribution in [-0.2, 0) is 6.54 Å². The first-order valence-corrected chi connectivity index (χ1v) is 8.58. The summed E-state index contributed by atoms with van der Waals surface area (Å²) >= 11 is 3.40. The lowest BCUT2D eigenvalue weighted by atomic mass is 10.1. The van der Waals surface area contributed by atoms with E-state index < -0.39 is 0 Å². The lowest BCUT2D eigenvalue weighted by Crippen LogP contribution is -2.24. The van der Waals surface area contributed by atoms with Gasteiger partial charge in [0, 0.05) is 22.8 Å². The van der Waals surface area contributed by atoms with Gasteiger partial charge in [-0.15, -0.1) is 0 Å². The summed E-state index contributed by atoms with van der Waals surface area (Å²) in [6, 6.07) is 17.4. The highest BCUT2D eigenvalue weighted by molar-refractivity contribution is 9.10. The van der Waals surface area contributed by atoms with Crippen molar-refractivity contribution in [3.8, 4) is 0 Å². The first-order chi connectivity index (χ1) is 12.1. The summed E-state index contributed by atoms with van der Waals surface area (Å²) in [5.41, 5.74) is 3.42. The molecule has 2 N–H and O–H groups in total. The lowest BCUT2D eigenvalue weighted by Gasteiger charge is -2.08. The number of hydrogen-bond acceptors (Lipinski definition) is 4. The normalized spacial score (nSPS) is 10.3. The summed E-state index contributed by atoms with van der Waals surface area (Å²) in [4.78, 5) is 20.5. The molecule has 0 spiro atoms. The summed E-state index contributed by atoms with van der Waals surface area (Å²) in [6.07, 6.45) is 1.38. The molecule has 0 aliphatic rings. The minimum Gasteiger partial charge on any atom is -0.347 e. The largest absolute Gasteiger partial charge is 0.347 e. The summed E-state index contributed by atoms with van der Waals surface area (Å²) in [5.74, 6) is 0.334. The number of rotatable bonds is 5. The lowest BCUT2D eigenvalue weighted by molar-refractivity contribution is 0.0946. The van der Waals surface area contributed by atoms with Gasteiger partial charge in [0.25, 0.3) is 5.91 Å². The maximum absolute atomic E-state index is 12.3. The summed E-state index contributed by atoms with van der Waals surface area (Å²) in [6.45, 7) is 2.48. The number of benzene rings is 2. The molecule has 0 aliphatic heterocycles. The quantitative estimate of drug-likeness (QED) is 0.677. The minimum absolute atomic E-state index is 0.234. The Kier molecular flexibility index (Phi) is 5.40. The van der Waals surface area contributed by atoms with Crippen molar-refractivity contribution in [3.05, 3.63) is 82.2 Å². The first kappa shape index (κ1) is 17.1. The Hall–Kier alpha value is -2.73. The fourth-order valence-electron chi connectivity index (χ4n) is 2.33. The molecule has 6 heteroatoms. The molecule has 0 aliphatic carbocycles. The molecule has 3 rings (SSSR count). The van der Waals surface area contributed by atoms with E-state index in [2.05, 4.69) is 36.5 Å². The molecule has 0 unspecified atom stereocenters. The number of anilines is 2. The van der Waals surface area contributed by atoms with E-state index in [0.29, 0.717) is 18.1 Å². The van der Waals surface area contributed by atoms with E-state index in [9.17, 15) is 4.79 Å². The van der Waals surface area contributed by atoms with Crippen molar-refractivity contribution < 1.29 is 4.79 Å². The number of nitrogens with zero attached hydrogens (tertiary/aromatic N) is 2. The predicted molar refractivity (Wildman–Crippen MR) is 102 cm³/mol. The molecule has 0 saturated carbocycles. The van der Waals surface area contributed by atoms with Crippen molar-refractivity contribution in [1.82, 2.24) is 15.3 Å². The molecule has 0 radical (unpaired) electrons. The molecule has 0 fully saturated rings. The number of aryl methyl sites for hydroxylation is 1. The zero-order chi connectivity index (χ0) is 17.6. The standard InChI is InChI=1S/C19H17BrN4O/c1-13-3-2-4-14(9-13)11-21-19(25)17-10-18(23-12-22-17)24-16-7-5-15(20)6-8-16/h2-10,12H,11H2,1H3,(H,21,25)(H,22,23,24). The van der Waals surface area contributed by atoms with Gasteiger partial charge in [-0.25, -0.2) is 9.97 Å². The number of halogens is 1. The van der Waals surface area contributed by atoms with Crippen LogP contribution in [0.4, 0.5) is 11.5 Å². The molecule has 1 amide bonds. The number of aromatic nitrogens is 2. The van der Waals surface area contributed by atoms with Gasteiger partial charge in [-0.2, -0.15) is 0 Å². The molecule has 0 saturated heterocycles. The average Bonchev–Trinajstić information content (AvgIpc) is 2.62. The topological polar surface area (TPSA) is 66.9 Å². The summed E-state index contributed by atoms with van der Waals surface area (Å²) in [7, 11) is 0. The van der Waals surface area contributed by atoms with Crippen LogP contribution in [0.3, 0.4) is 0 Å². The highest BCUT2D eigenvalue weighted by Gasteiger charge is 2.09. The smallest absolute Gasteiger partial charge is 0.270 e. The minimum atomic E-state index is -0.234. The van der Waals surface area contributed by atoms with Crippen LogP contribution in [0.25, 0.3) is 0 Å². The molecular weight excluding hydrogens is 380 g/mol. The van der Waals surface area contributed by atoms with E-state index in [0.717, 1.165) is 21.3 Å². The van der Waals surface area contributed by atoms with Gasteiger partial charge >= 0.3 is 0 Å². The van der Waals surface area contributed by atoms with Crippen molar-refractivity contribution in [2.24, 2.45) is 0 Å². The van der Waals surface area contributed by atoms with Crippen LogP contribution in [0.15, 0.2) is 65.4 Å². The molecule has 3 aromatic rings. The van der Waals surface area contributed by atoms with Crippen LogP contribution in [0.5, 0.6) is 0 Å². The van der Waals surface area contributed by atoms with Crippen molar-refractivity contribution in [1.29, 1.82) is 0 Å². The van der Waals surface area contributed by atoms with E-state index in [4.69, 9.17) is 0 Å². The summed E-state index contributed by atoms with van der Waals surface area (Å²) < 4.78 is 0.997. The Morgan fingerprint density at radius 1 is 1.08 bits per heavy atom. The number of hydrogen-bond donors (Lipinski definition) is 2. The molecule has 0 atom stereocenters. The van der Waals surface area contributed by atoms with Gasteiger partial charge in [0.15, 0.2) is 0 Å². The number of amides is 1. The third-order valence-corrected chi connectivity index (χ3v) is 4.08. The number of carbonyl (C=O) groups is 1. The Labute approximate surface area is 154 Å². The molecule has 1 aromatic heterocycles. The zero-order valence-electron chi connectivity index (χ0n) is 13.7. The van der Waals surface area contributed by atoms with Gasteiger partial charge < -0.3 is 10.6 Å². The van der Waals surface area contributed by atoms with Gasteiger partial charge in [-0.05, 0) is 36.8 Å². The van der Waals surface area contributed by atoms with Crippen molar-refractivity contribution in [3.63, 3.8) is 0 Å². The van der Waals surface area contributed by atoms with E-state index in [1.165, 1.54) is 6.33 Å². The van der Waals surface area contributed by atoms with Crippen molar-refractivity contribution >= 4 is 33.3 Å². The van der Waals surface area contributed by atoms with Gasteiger partial charge in [0.05, 0.1) is 0 Å². The molecule has 5 nitrogen and oxygen atoms in total. The van der Waals surface area contributed by atoms with Gasteiger partial charge in [0.1, 0.15) is 17.8 Å². The molecule has 2 aromatic carbocycles. The van der Waals surface area contributed by atoms with Crippen LogP contribution >= 0.6 is 15.9 Å². The molecule has 0 bridgehead atoms. The third kappa shape index (κ3) is 4.87. The van der Waals surface area contributed by atoms with Crippen LogP contribution in [0, 0.1) is 6.92 Å². The highest BCUT2D eigenvalue weighted by atomic mass is 79.9. The average molecular weight is 397 g/mol. The summed E-state index contributed by atoms with van der Waals surface area (Å²) in [5, 5.41) is 6.03. The van der Waals surface area contributed by atoms with E-state index in [1.54, 1.807) is 6.07 Å². The molecule has 1 heterocycles. The second kappa shape index (κ2) is 7.90. The van der Waals surface area contributed by atoms with Crippen LogP contribution in [0.1, 0.15) is 21.6 Å². The Bertz CT molecular complexity index is 881. The maximum atomic E-state index is 12.3. The number of carbonyl (C=O) groups excluding carboxylic acids is 1. The van der Waals surface area contributed by atoms with Gasteiger partial charge in [0.2, 0.25) is 0 Å². The Morgan fingerprint density at radius 2 is 1.88 bits per heavy atom. The fraction of sp³-hybridized carbons (Fsp3) is 0.105. The second-order valence-corrected chi connectivity index (χ2v) is 6.51. The molecular formula is C19H17BrN4O. The number of nitrogens with one attached hydrogen (secondary N) is 2. The highest BCUT2D eigenvalue weighted by Crippen LogP contribution is 2.18. The van der Waals surface area contributed by atoms with E-state index in [-0.39, 0.29) is 5.91 Å². The molecule has 25 heavy (non-hydrogen) atoms. The SMILES string of the molecule is Cc1cccc(CNC(=O)c2cc(Nc3ccc(Br)cc3)ncn2)c1. The Morgan fingerprint density at radius 3 is 2.64 bits per heavy atom. The zero-order valence-corrected chi connectivity index (χ0v) is 15.2. The fourth-order valence-corrected chi connectivity index (χ4v) is 2.59. The van der Waals surface area contributed by atoms with Crippen LogP contribution < -0.4 is 10.6 Å². The van der Waals surface area contributed by atoms with Crippen molar-refractivity contribution in [2.75, 3.05) is 5.32 Å². The second-order valence-electron chi connectivity index (χ2n) is 5.59. The monoisotopic (exact) mass is 396 g/mol.